The van der Waals surface area contributed by atoms with Crippen LogP contribution < -0.4 is 10.5 Å². The molecule has 3 N–H and O–H groups in total. The summed E-state index contributed by atoms with van der Waals surface area (Å²) in [6.07, 6.45) is 1.22. The number of benzene rings is 1. The van der Waals surface area contributed by atoms with Gasteiger partial charge in [-0.05, 0) is 25.5 Å². The predicted molar refractivity (Wildman–Crippen MR) is 61.7 cm³/mol. The summed E-state index contributed by atoms with van der Waals surface area (Å²) in [6, 6.07) is 7.20. The second-order valence-corrected chi connectivity index (χ2v) is 3.56. The third-order valence-corrected chi connectivity index (χ3v) is 2.51. The first-order valence-corrected chi connectivity index (χ1v) is 5.26. The Labute approximate surface area is 95.0 Å². The topological polar surface area (TPSA) is 72.5 Å². The van der Waals surface area contributed by atoms with Crippen LogP contribution in [0.2, 0.25) is 0 Å². The number of rotatable bonds is 6. The summed E-state index contributed by atoms with van der Waals surface area (Å²) in [5.41, 5.74) is 6.12. The van der Waals surface area contributed by atoms with Gasteiger partial charge in [0.2, 0.25) is 0 Å². The molecule has 0 saturated heterocycles. The second-order valence-electron chi connectivity index (χ2n) is 3.56. The van der Waals surface area contributed by atoms with Crippen molar-refractivity contribution in [3.63, 3.8) is 0 Å². The summed E-state index contributed by atoms with van der Waals surface area (Å²) >= 11 is 0. The fourth-order valence-corrected chi connectivity index (χ4v) is 1.69. The molecule has 0 aromatic heterocycles. The van der Waals surface area contributed by atoms with Gasteiger partial charge in [-0.3, -0.25) is 4.79 Å². The van der Waals surface area contributed by atoms with E-state index in [0.29, 0.717) is 30.7 Å². The highest BCUT2D eigenvalue weighted by Gasteiger charge is 2.22. The molecule has 4 heteroatoms. The molecule has 1 aromatic carbocycles. The van der Waals surface area contributed by atoms with Gasteiger partial charge in [0.05, 0.1) is 13.0 Å². The van der Waals surface area contributed by atoms with Crippen molar-refractivity contribution in [2.45, 2.75) is 18.8 Å². The molecular formula is C12H17NO3. The molecule has 0 aliphatic carbocycles. The number of nitrogens with two attached hydrogens (primary N) is 1. The van der Waals surface area contributed by atoms with Crippen molar-refractivity contribution in [2.24, 2.45) is 5.73 Å². The Morgan fingerprint density at radius 3 is 2.75 bits per heavy atom. The zero-order valence-corrected chi connectivity index (χ0v) is 9.35. The highest BCUT2D eigenvalue weighted by Crippen LogP contribution is 2.29. The van der Waals surface area contributed by atoms with Gasteiger partial charge < -0.3 is 15.6 Å². The number of methoxy groups -OCH3 is 1. The largest absolute Gasteiger partial charge is 0.496 e. The Bertz CT molecular complexity index is 352. The predicted octanol–water partition coefficient (Wildman–Crippen LogP) is 1.60. The van der Waals surface area contributed by atoms with Gasteiger partial charge in [0.15, 0.2) is 0 Å². The maximum absolute atomic E-state index is 11.2. The number of hydrogen-bond donors (Lipinski definition) is 2. The molecule has 0 aliphatic rings. The van der Waals surface area contributed by atoms with E-state index in [-0.39, 0.29) is 0 Å². The SMILES string of the molecule is COc1ccccc1C(CCCN)C(=O)O. The quantitative estimate of drug-likeness (QED) is 0.768. The van der Waals surface area contributed by atoms with Crippen molar-refractivity contribution in [2.75, 3.05) is 13.7 Å². The molecule has 0 radical (unpaired) electrons. The van der Waals surface area contributed by atoms with E-state index in [1.165, 1.54) is 0 Å². The van der Waals surface area contributed by atoms with Crippen LogP contribution in [0.5, 0.6) is 5.75 Å². The number of carboxylic acid groups (broad SMARTS) is 1. The van der Waals surface area contributed by atoms with Crippen molar-refractivity contribution >= 4 is 5.97 Å². The van der Waals surface area contributed by atoms with Crippen LogP contribution in [-0.2, 0) is 4.79 Å². The van der Waals surface area contributed by atoms with Crippen LogP contribution >= 0.6 is 0 Å². The molecule has 0 spiro atoms. The Kier molecular flexibility index (Phi) is 4.79. The molecule has 0 aliphatic heterocycles. The van der Waals surface area contributed by atoms with Crippen LogP contribution in [0.25, 0.3) is 0 Å². The summed E-state index contributed by atoms with van der Waals surface area (Å²) in [5.74, 6) is -0.760. The van der Waals surface area contributed by atoms with Gasteiger partial charge in [0, 0.05) is 5.56 Å². The molecule has 0 fully saturated rings. The lowest BCUT2D eigenvalue weighted by molar-refractivity contribution is -0.139. The van der Waals surface area contributed by atoms with Gasteiger partial charge in [0.1, 0.15) is 5.75 Å². The standard InChI is InChI=1S/C12H17NO3/c1-16-11-7-3-2-5-9(11)10(12(14)15)6-4-8-13/h2-3,5,7,10H,4,6,8,13H2,1H3,(H,14,15). The van der Waals surface area contributed by atoms with Crippen LogP contribution in [0.4, 0.5) is 0 Å². The summed E-state index contributed by atoms with van der Waals surface area (Å²) in [5, 5.41) is 9.18. The molecule has 0 saturated carbocycles. The van der Waals surface area contributed by atoms with E-state index in [1.54, 1.807) is 19.2 Å². The third-order valence-electron chi connectivity index (χ3n) is 2.51. The Morgan fingerprint density at radius 2 is 2.19 bits per heavy atom. The first-order valence-electron chi connectivity index (χ1n) is 5.26. The average Bonchev–Trinajstić information content (AvgIpc) is 2.29. The minimum absolute atomic E-state index is 0.499. The molecule has 16 heavy (non-hydrogen) atoms. The summed E-state index contributed by atoms with van der Waals surface area (Å²) < 4.78 is 5.16. The van der Waals surface area contributed by atoms with Gasteiger partial charge in [-0.15, -0.1) is 0 Å². The molecule has 0 heterocycles. The first-order chi connectivity index (χ1) is 7.70. The molecule has 88 valence electrons. The molecule has 1 atom stereocenters. The van der Waals surface area contributed by atoms with Crippen molar-refractivity contribution < 1.29 is 14.6 Å². The molecule has 0 amide bonds. The maximum Gasteiger partial charge on any atom is 0.311 e. The number of hydrogen-bond acceptors (Lipinski definition) is 3. The van der Waals surface area contributed by atoms with Crippen LogP contribution in [0, 0.1) is 0 Å². The van der Waals surface area contributed by atoms with E-state index in [1.807, 2.05) is 12.1 Å². The summed E-state index contributed by atoms with van der Waals surface area (Å²) in [6.45, 7) is 0.499. The smallest absolute Gasteiger partial charge is 0.311 e. The second kappa shape index (κ2) is 6.12. The zero-order valence-electron chi connectivity index (χ0n) is 9.35. The van der Waals surface area contributed by atoms with Crippen LogP contribution in [0.1, 0.15) is 24.3 Å². The Morgan fingerprint density at radius 1 is 1.50 bits per heavy atom. The van der Waals surface area contributed by atoms with Crippen LogP contribution in [0.15, 0.2) is 24.3 Å². The Balaban J connectivity index is 2.95. The summed E-state index contributed by atoms with van der Waals surface area (Å²) in [4.78, 5) is 11.2. The van der Waals surface area contributed by atoms with Gasteiger partial charge >= 0.3 is 5.97 Å². The van der Waals surface area contributed by atoms with Gasteiger partial charge in [-0.1, -0.05) is 18.2 Å². The van der Waals surface area contributed by atoms with Gasteiger partial charge in [0.25, 0.3) is 0 Å². The van der Waals surface area contributed by atoms with Crippen molar-refractivity contribution in [3.8, 4) is 5.75 Å². The van der Waals surface area contributed by atoms with E-state index in [0.717, 1.165) is 0 Å². The Hall–Kier alpha value is -1.55. The molecule has 1 aromatic rings. The average molecular weight is 223 g/mol. The highest BCUT2D eigenvalue weighted by molar-refractivity contribution is 5.77. The molecule has 1 unspecified atom stereocenters. The zero-order chi connectivity index (χ0) is 12.0. The van der Waals surface area contributed by atoms with E-state index >= 15 is 0 Å². The van der Waals surface area contributed by atoms with Crippen LogP contribution in [0.3, 0.4) is 0 Å². The molecule has 0 bridgehead atoms. The number of carboxylic acids is 1. The minimum Gasteiger partial charge on any atom is -0.496 e. The van der Waals surface area contributed by atoms with E-state index in [2.05, 4.69) is 0 Å². The summed E-state index contributed by atoms with van der Waals surface area (Å²) in [7, 11) is 1.54. The third kappa shape index (κ3) is 2.97. The van der Waals surface area contributed by atoms with E-state index < -0.39 is 11.9 Å². The van der Waals surface area contributed by atoms with E-state index in [4.69, 9.17) is 10.5 Å². The fourth-order valence-electron chi connectivity index (χ4n) is 1.69. The maximum atomic E-state index is 11.2. The molecular weight excluding hydrogens is 206 g/mol. The van der Waals surface area contributed by atoms with Crippen LogP contribution in [-0.4, -0.2) is 24.7 Å². The van der Waals surface area contributed by atoms with Crippen molar-refractivity contribution in [3.05, 3.63) is 29.8 Å². The van der Waals surface area contributed by atoms with Crippen molar-refractivity contribution in [1.29, 1.82) is 0 Å². The number of ether oxygens (including phenoxy) is 1. The van der Waals surface area contributed by atoms with Gasteiger partial charge in [-0.25, -0.2) is 0 Å². The normalized spacial score (nSPS) is 12.1. The number of para-hydroxylation sites is 1. The first kappa shape index (κ1) is 12.5. The number of carbonyl (C=O) groups is 1. The fraction of sp³-hybridized carbons (Fsp3) is 0.417. The monoisotopic (exact) mass is 223 g/mol. The van der Waals surface area contributed by atoms with Crippen molar-refractivity contribution in [1.82, 2.24) is 0 Å². The molecule has 1 rings (SSSR count). The number of aliphatic carboxylic acids is 1. The highest BCUT2D eigenvalue weighted by atomic mass is 16.5. The lowest BCUT2D eigenvalue weighted by Gasteiger charge is -2.15. The van der Waals surface area contributed by atoms with Gasteiger partial charge in [-0.2, -0.15) is 0 Å². The van der Waals surface area contributed by atoms with E-state index in [9.17, 15) is 9.90 Å². The molecule has 4 nitrogen and oxygen atoms in total. The lowest BCUT2D eigenvalue weighted by Crippen LogP contribution is -2.14. The minimum atomic E-state index is -0.835. The lowest BCUT2D eigenvalue weighted by atomic mass is 9.93.